The van der Waals surface area contributed by atoms with E-state index in [1.54, 1.807) is 36.4 Å². The van der Waals surface area contributed by atoms with Crippen LogP contribution in [0.1, 0.15) is 54.4 Å². The van der Waals surface area contributed by atoms with Gasteiger partial charge in [-0.05, 0) is 67.2 Å². The van der Waals surface area contributed by atoms with E-state index in [9.17, 15) is 14.7 Å². The first-order valence-electron chi connectivity index (χ1n) is 13.2. The third-order valence-electron chi connectivity index (χ3n) is 6.29. The largest absolute Gasteiger partial charge is 0.508 e. The van der Waals surface area contributed by atoms with Gasteiger partial charge in [0.25, 0.3) is 0 Å². The number of ether oxygens (including phenoxy) is 1. The van der Waals surface area contributed by atoms with Gasteiger partial charge in [-0.2, -0.15) is 0 Å². The van der Waals surface area contributed by atoms with Crippen molar-refractivity contribution in [3.8, 4) is 11.5 Å². The highest BCUT2D eigenvalue weighted by Gasteiger charge is 2.40. The lowest BCUT2D eigenvalue weighted by Crippen LogP contribution is -2.33. The number of nitrogens with two attached hydrogens (primary N) is 2. The molecule has 2 aromatic carbocycles. The summed E-state index contributed by atoms with van der Waals surface area (Å²) in [5.74, 6) is -0.481. The van der Waals surface area contributed by atoms with Gasteiger partial charge in [-0.15, -0.1) is 0 Å². The van der Waals surface area contributed by atoms with Gasteiger partial charge < -0.3 is 42.6 Å². The predicted octanol–water partition coefficient (Wildman–Crippen LogP) is 1.38. The molecule has 214 valence electrons. The van der Waals surface area contributed by atoms with Crippen molar-refractivity contribution in [1.82, 2.24) is 21.3 Å². The van der Waals surface area contributed by atoms with Crippen molar-refractivity contribution in [2.24, 2.45) is 11.5 Å². The van der Waals surface area contributed by atoms with Crippen molar-refractivity contribution in [3.63, 3.8) is 0 Å². The summed E-state index contributed by atoms with van der Waals surface area (Å²) in [7, 11) is 0. The van der Waals surface area contributed by atoms with E-state index in [0.29, 0.717) is 43.9 Å². The van der Waals surface area contributed by atoms with Crippen molar-refractivity contribution in [2.75, 3.05) is 26.2 Å². The molecule has 0 aliphatic carbocycles. The molecule has 0 aromatic heterocycles. The van der Waals surface area contributed by atoms with E-state index in [1.807, 2.05) is 12.1 Å². The van der Waals surface area contributed by atoms with Gasteiger partial charge in [0, 0.05) is 37.8 Å². The van der Waals surface area contributed by atoms with E-state index in [4.69, 9.17) is 27.0 Å². The molecule has 1 aliphatic heterocycles. The van der Waals surface area contributed by atoms with Crippen LogP contribution in [-0.4, -0.2) is 55.0 Å². The molecule has 0 spiro atoms. The number of carbonyl (C=O) groups is 2. The van der Waals surface area contributed by atoms with E-state index >= 15 is 0 Å². The summed E-state index contributed by atoms with van der Waals surface area (Å²) in [6.45, 7) is 2.09. The molecular formula is C28H38N8O4. The molecule has 2 atom stereocenters. The normalized spacial score (nSPS) is 15.6. The molecule has 12 nitrogen and oxygen atoms in total. The Kier molecular flexibility index (Phi) is 11.2. The molecular weight excluding hydrogens is 512 g/mol. The maximum atomic E-state index is 13.4. The number of fused-ring (bicyclic) bond motifs is 1. The third-order valence-corrected chi connectivity index (χ3v) is 6.29. The average Bonchev–Trinajstić information content (AvgIpc) is 3.30. The van der Waals surface area contributed by atoms with E-state index < -0.39 is 12.0 Å². The summed E-state index contributed by atoms with van der Waals surface area (Å²) in [5, 5.41) is 35.3. The molecule has 2 aromatic rings. The lowest BCUT2D eigenvalue weighted by Gasteiger charge is -2.19. The van der Waals surface area contributed by atoms with Gasteiger partial charge >= 0.3 is 0 Å². The molecule has 3 rings (SSSR count). The van der Waals surface area contributed by atoms with Crippen molar-refractivity contribution < 1.29 is 19.4 Å². The SMILES string of the molecule is N=C(N)NCCCCNC(=O)/C=C/c1ccc2c(c1)[C@H](C(=O)NCCCCNC(=N)N)[C@H](c1ccc(O)cc1)O2. The molecule has 0 bridgehead atoms. The number of carbonyl (C=O) groups excluding carboxylic acids is 2. The maximum absolute atomic E-state index is 13.4. The molecule has 1 heterocycles. The Hall–Kier alpha value is -4.74. The number of hydrogen-bond acceptors (Lipinski definition) is 6. The molecule has 0 fully saturated rings. The number of nitrogens with one attached hydrogen (secondary N) is 6. The average molecular weight is 551 g/mol. The van der Waals surface area contributed by atoms with Gasteiger partial charge in [0.05, 0.1) is 0 Å². The zero-order chi connectivity index (χ0) is 28.9. The fourth-order valence-corrected chi connectivity index (χ4v) is 4.30. The number of hydrogen-bond donors (Lipinski definition) is 9. The number of benzene rings is 2. The molecule has 0 unspecified atom stereocenters. The quantitative estimate of drug-likeness (QED) is 0.0724. The summed E-state index contributed by atoms with van der Waals surface area (Å²) in [5.41, 5.74) is 12.8. The van der Waals surface area contributed by atoms with E-state index in [-0.39, 0.29) is 29.5 Å². The Bertz CT molecular complexity index is 1220. The van der Waals surface area contributed by atoms with Crippen LogP contribution in [0.2, 0.25) is 0 Å². The summed E-state index contributed by atoms with van der Waals surface area (Å²) in [6.07, 6.45) is 5.54. The van der Waals surface area contributed by atoms with Crippen LogP contribution in [0.25, 0.3) is 6.08 Å². The van der Waals surface area contributed by atoms with Crippen LogP contribution in [0, 0.1) is 10.8 Å². The molecule has 12 heteroatoms. The Morgan fingerprint density at radius 2 is 1.43 bits per heavy atom. The lowest BCUT2D eigenvalue weighted by molar-refractivity contribution is -0.124. The number of amides is 2. The van der Waals surface area contributed by atoms with Gasteiger partial charge in [-0.1, -0.05) is 18.2 Å². The smallest absolute Gasteiger partial charge is 0.243 e. The zero-order valence-electron chi connectivity index (χ0n) is 22.3. The van der Waals surface area contributed by atoms with Crippen LogP contribution >= 0.6 is 0 Å². The Labute approximate surface area is 233 Å². The molecule has 0 saturated heterocycles. The first-order valence-corrected chi connectivity index (χ1v) is 13.2. The molecule has 11 N–H and O–H groups in total. The van der Waals surface area contributed by atoms with Crippen LogP contribution in [-0.2, 0) is 9.59 Å². The van der Waals surface area contributed by atoms with Crippen LogP contribution < -0.4 is 37.5 Å². The van der Waals surface area contributed by atoms with Crippen LogP contribution in [0.5, 0.6) is 11.5 Å². The van der Waals surface area contributed by atoms with Crippen LogP contribution in [0.4, 0.5) is 0 Å². The van der Waals surface area contributed by atoms with E-state index in [1.165, 1.54) is 6.08 Å². The third kappa shape index (κ3) is 9.22. The minimum Gasteiger partial charge on any atom is -0.508 e. The summed E-state index contributed by atoms with van der Waals surface area (Å²) < 4.78 is 6.20. The number of rotatable bonds is 14. The molecule has 2 amide bonds. The Morgan fingerprint density at radius 1 is 0.850 bits per heavy atom. The predicted molar refractivity (Wildman–Crippen MR) is 154 cm³/mol. The van der Waals surface area contributed by atoms with Crippen molar-refractivity contribution in [1.29, 1.82) is 10.8 Å². The highest BCUT2D eigenvalue weighted by molar-refractivity contribution is 5.92. The second-order valence-corrected chi connectivity index (χ2v) is 9.42. The number of phenolic OH excluding ortho intramolecular Hbond substituents is 1. The minimum atomic E-state index is -0.624. The summed E-state index contributed by atoms with van der Waals surface area (Å²) in [6, 6.07) is 12.1. The summed E-state index contributed by atoms with van der Waals surface area (Å²) in [4.78, 5) is 25.7. The monoisotopic (exact) mass is 550 g/mol. The standard InChI is InChI=1S/C28H38N8O4/c29-27(30)35-15-3-1-13-33-23(38)12-6-18-5-11-22-21(17-18)24(25(40-22)19-7-9-20(37)10-8-19)26(39)34-14-2-4-16-36-28(31)32/h5-12,17,24-25,37H,1-4,13-16H2,(H,33,38)(H,34,39)(H4,29,30,35)(H4,31,32,36)/b12-6+/t24-,25-/m0/s1. The first-order chi connectivity index (χ1) is 19.2. The molecule has 1 aliphatic rings. The lowest BCUT2D eigenvalue weighted by atomic mass is 9.89. The maximum Gasteiger partial charge on any atom is 0.243 e. The van der Waals surface area contributed by atoms with E-state index in [2.05, 4.69) is 21.3 Å². The first kappa shape index (κ1) is 29.8. The highest BCUT2D eigenvalue weighted by atomic mass is 16.5. The van der Waals surface area contributed by atoms with Crippen LogP contribution in [0.15, 0.2) is 48.5 Å². The van der Waals surface area contributed by atoms with Crippen LogP contribution in [0.3, 0.4) is 0 Å². The van der Waals surface area contributed by atoms with Crippen molar-refractivity contribution in [3.05, 3.63) is 65.2 Å². The molecule has 0 radical (unpaired) electrons. The molecule has 40 heavy (non-hydrogen) atoms. The van der Waals surface area contributed by atoms with E-state index in [0.717, 1.165) is 30.4 Å². The van der Waals surface area contributed by atoms with Gasteiger partial charge in [0.15, 0.2) is 11.9 Å². The van der Waals surface area contributed by atoms with Gasteiger partial charge in [0.2, 0.25) is 11.8 Å². The van der Waals surface area contributed by atoms with Gasteiger partial charge in [-0.3, -0.25) is 20.4 Å². The zero-order valence-corrected chi connectivity index (χ0v) is 22.3. The second kappa shape index (κ2) is 15.0. The Morgan fingerprint density at radius 3 is 2.02 bits per heavy atom. The number of unbranched alkanes of at least 4 members (excludes halogenated alkanes) is 2. The van der Waals surface area contributed by atoms with Crippen molar-refractivity contribution >= 4 is 29.8 Å². The topological polar surface area (TPSA) is 211 Å². The molecule has 0 saturated carbocycles. The summed E-state index contributed by atoms with van der Waals surface area (Å²) >= 11 is 0. The number of aromatic hydroxyl groups is 1. The number of guanidine groups is 2. The highest BCUT2D eigenvalue weighted by Crippen LogP contribution is 2.46. The van der Waals surface area contributed by atoms with Crippen molar-refractivity contribution in [2.45, 2.75) is 37.7 Å². The number of phenols is 1. The van der Waals surface area contributed by atoms with Gasteiger partial charge in [0.1, 0.15) is 23.5 Å². The Balaban J connectivity index is 1.65. The fourth-order valence-electron chi connectivity index (χ4n) is 4.30. The second-order valence-electron chi connectivity index (χ2n) is 9.42. The minimum absolute atomic E-state index is 0.0699. The fraction of sp³-hybridized carbons (Fsp3) is 0.357. The van der Waals surface area contributed by atoms with Gasteiger partial charge in [-0.25, -0.2) is 0 Å².